The Morgan fingerprint density at radius 3 is 2.18 bits per heavy atom. The Morgan fingerprint density at radius 1 is 0.880 bits per heavy atom. The van der Waals surface area contributed by atoms with Crippen LogP contribution in [0.2, 0.25) is 0 Å². The summed E-state index contributed by atoms with van der Waals surface area (Å²) in [5, 5.41) is 78.9. The normalized spacial score (nSPS) is 47.8. The summed E-state index contributed by atoms with van der Waals surface area (Å²) >= 11 is 0. The van der Waals surface area contributed by atoms with Crippen molar-refractivity contribution in [1.29, 1.82) is 0 Å². The van der Waals surface area contributed by atoms with Gasteiger partial charge >= 0.3 is 0 Å². The van der Waals surface area contributed by atoms with Crippen LogP contribution >= 0.6 is 0 Å². The first-order valence-electron chi connectivity index (χ1n) is 16.8. The molecule has 288 valence electrons. The van der Waals surface area contributed by atoms with Crippen LogP contribution in [0.1, 0.15) is 19.3 Å². The first-order chi connectivity index (χ1) is 23.7. The number of hydrogen-bond acceptors (Lipinski definition) is 20. The molecule has 19 N–H and O–H groups in total. The van der Waals surface area contributed by atoms with E-state index in [0.717, 1.165) is 0 Å². The number of carbonyl (C=O) groups excluding carboxylic acids is 1. The van der Waals surface area contributed by atoms with Crippen molar-refractivity contribution in [3.05, 3.63) is 11.8 Å². The third kappa shape index (κ3) is 8.25. The molecule has 21 nitrogen and oxygen atoms in total. The number of hydrogen-bond donors (Lipinski definition) is 14. The van der Waals surface area contributed by atoms with Crippen molar-refractivity contribution in [3.63, 3.8) is 0 Å². The maximum Gasteiger partial charge on any atom is 0.253 e. The third-order valence-corrected chi connectivity index (χ3v) is 9.86. The van der Waals surface area contributed by atoms with Gasteiger partial charge in [-0.1, -0.05) is 0 Å². The zero-order valence-electron chi connectivity index (χ0n) is 27.4. The highest BCUT2D eigenvalue weighted by Gasteiger charge is 2.59. The zero-order chi connectivity index (χ0) is 36.5. The molecule has 2 saturated carbocycles. The highest BCUT2D eigenvalue weighted by Crippen LogP contribution is 2.37. The van der Waals surface area contributed by atoms with Crippen molar-refractivity contribution in [2.24, 2.45) is 28.7 Å². The molecule has 2 saturated heterocycles. The van der Waals surface area contributed by atoms with Crippen LogP contribution < -0.4 is 39.3 Å². The summed E-state index contributed by atoms with van der Waals surface area (Å²) in [5.74, 6) is -0.315. The van der Waals surface area contributed by atoms with Crippen molar-refractivity contribution in [2.45, 2.75) is 129 Å². The van der Waals surface area contributed by atoms with Gasteiger partial charge in [-0.2, -0.15) is 0 Å². The van der Waals surface area contributed by atoms with Crippen LogP contribution in [-0.4, -0.2) is 184 Å². The van der Waals surface area contributed by atoms with E-state index in [4.69, 9.17) is 62.2 Å². The summed E-state index contributed by atoms with van der Waals surface area (Å²) in [6, 6.07) is -4.73. The highest BCUT2D eigenvalue weighted by atomic mass is 16.8. The largest absolute Gasteiger partial charge is 0.467 e. The minimum absolute atomic E-state index is 0.0295. The molecule has 0 aromatic heterocycles. The second kappa shape index (κ2) is 16.5. The smallest absolute Gasteiger partial charge is 0.253 e. The van der Waals surface area contributed by atoms with E-state index >= 15 is 0 Å². The predicted octanol–water partition coefficient (Wildman–Crippen LogP) is -8.47. The molecule has 0 aromatic rings. The Bertz CT molecular complexity index is 1180. The monoisotopic (exact) mass is 723 g/mol. The van der Waals surface area contributed by atoms with Crippen LogP contribution in [0.25, 0.3) is 0 Å². The molecule has 0 bridgehead atoms. The molecule has 50 heavy (non-hydrogen) atoms. The molecule has 3 aliphatic heterocycles. The van der Waals surface area contributed by atoms with Crippen molar-refractivity contribution in [1.82, 2.24) is 10.6 Å². The average molecular weight is 724 g/mol. The first kappa shape index (κ1) is 39.5. The van der Waals surface area contributed by atoms with E-state index in [-0.39, 0.29) is 32.5 Å². The van der Waals surface area contributed by atoms with Crippen LogP contribution in [0.3, 0.4) is 0 Å². The van der Waals surface area contributed by atoms with E-state index in [1.54, 1.807) is 6.08 Å². The second-order valence-corrected chi connectivity index (χ2v) is 13.5. The van der Waals surface area contributed by atoms with E-state index in [1.807, 2.05) is 0 Å². The SMILES string of the molecule is NC[C@@H]1O[C@H](O[C@H]2[C@@H](O)[C@H](O[C@@H]3[C@@H](O)[C@H](NC(=O)C4(O)CC4N)C[C@H](N)[C@H]3O[C@H]3OC(CNCCO)=CC[C@H]3N)O[C@@H]2CO)[C@H](N)[C@@H](O)[C@@H]1O. The maximum absolute atomic E-state index is 12.9. The Hall–Kier alpha value is -1.71. The van der Waals surface area contributed by atoms with Gasteiger partial charge in [0.2, 0.25) is 6.29 Å². The summed E-state index contributed by atoms with van der Waals surface area (Å²) in [5.41, 5.74) is 28.5. The summed E-state index contributed by atoms with van der Waals surface area (Å²) in [6.45, 7) is -0.354. The minimum Gasteiger partial charge on any atom is -0.467 e. The van der Waals surface area contributed by atoms with Gasteiger partial charge in [0.25, 0.3) is 5.91 Å². The summed E-state index contributed by atoms with van der Waals surface area (Å²) in [4.78, 5) is 12.9. The van der Waals surface area contributed by atoms with Gasteiger partial charge in [0, 0.05) is 31.6 Å². The Balaban J connectivity index is 1.34. The fraction of sp³-hybridized carbons (Fsp3) is 0.897. The molecular weight excluding hydrogens is 670 g/mol. The molecule has 21 heteroatoms. The number of nitrogens with two attached hydrogens (primary N) is 5. The maximum atomic E-state index is 12.9. The van der Waals surface area contributed by atoms with Gasteiger partial charge in [-0.05, 0) is 18.9 Å². The molecule has 0 aromatic carbocycles. The minimum atomic E-state index is -1.80. The van der Waals surface area contributed by atoms with E-state index in [9.17, 15) is 35.4 Å². The highest BCUT2D eigenvalue weighted by molar-refractivity contribution is 5.89. The molecule has 5 rings (SSSR count). The lowest BCUT2D eigenvalue weighted by Crippen LogP contribution is -2.67. The van der Waals surface area contributed by atoms with Gasteiger partial charge in [-0.3, -0.25) is 4.79 Å². The fourth-order valence-electron chi connectivity index (χ4n) is 6.61. The van der Waals surface area contributed by atoms with Crippen molar-refractivity contribution in [3.8, 4) is 0 Å². The lowest BCUT2D eigenvalue weighted by atomic mass is 9.83. The van der Waals surface area contributed by atoms with E-state index in [1.165, 1.54) is 0 Å². The average Bonchev–Trinajstić information content (AvgIpc) is 3.61. The van der Waals surface area contributed by atoms with Crippen LogP contribution in [0.15, 0.2) is 11.8 Å². The van der Waals surface area contributed by atoms with Crippen molar-refractivity contribution >= 4 is 5.91 Å². The van der Waals surface area contributed by atoms with Gasteiger partial charge in [0.15, 0.2) is 18.2 Å². The Morgan fingerprint density at radius 2 is 1.54 bits per heavy atom. The second-order valence-electron chi connectivity index (χ2n) is 13.5. The van der Waals surface area contributed by atoms with Crippen LogP contribution in [0.5, 0.6) is 0 Å². The van der Waals surface area contributed by atoms with E-state index in [2.05, 4.69) is 10.6 Å². The number of ether oxygens (including phenoxy) is 6. The topological polar surface area (TPSA) is 368 Å². The van der Waals surface area contributed by atoms with Crippen molar-refractivity contribution in [2.75, 3.05) is 32.8 Å². The molecule has 4 fully saturated rings. The molecular formula is C29H53N7O14. The van der Waals surface area contributed by atoms with Crippen LogP contribution in [-0.2, 0) is 33.2 Å². The molecule has 5 aliphatic rings. The number of carbonyl (C=O) groups is 1. The number of amides is 1. The summed E-state index contributed by atoms with van der Waals surface area (Å²) in [7, 11) is 0. The number of aliphatic hydroxyl groups excluding tert-OH is 6. The molecule has 2 aliphatic carbocycles. The van der Waals surface area contributed by atoms with E-state index in [0.29, 0.717) is 18.7 Å². The fourth-order valence-corrected chi connectivity index (χ4v) is 6.61. The standard InChI is InChI=1S/C29H53N7O14/c30-7-14-19(40)20(41)17(34)26(46-14)49-23-15(9-38)47-27(21(23)42)50-24-18(39)13(36-28(43)29(44)6-16(29)33)5-12(32)22(24)48-25-11(31)2-1-10(45-25)8-35-3-4-37/h1,11-27,35,37-42,44H,2-9,30-34H2,(H,36,43)/t11-,12+,13-,14+,15-,16?,17-,18+,19-,20-,21-,22-,23-,24-,25-,26-,27+,29?/m1/s1. The molecule has 1 amide bonds. The molecule has 18 atom stereocenters. The quantitative estimate of drug-likeness (QED) is 0.0740. The van der Waals surface area contributed by atoms with Crippen LogP contribution in [0.4, 0.5) is 0 Å². The van der Waals surface area contributed by atoms with Gasteiger partial charge in [0.1, 0.15) is 60.7 Å². The zero-order valence-corrected chi connectivity index (χ0v) is 27.4. The van der Waals surface area contributed by atoms with Gasteiger partial charge in [-0.15, -0.1) is 0 Å². The Kier molecular flexibility index (Phi) is 13.1. The number of rotatable bonds is 14. The third-order valence-electron chi connectivity index (χ3n) is 9.86. The lowest BCUT2D eigenvalue weighted by molar-refractivity contribution is -0.282. The molecule has 0 spiro atoms. The van der Waals surface area contributed by atoms with Gasteiger partial charge in [-0.25, -0.2) is 0 Å². The Labute approximate surface area is 287 Å². The first-order valence-corrected chi connectivity index (χ1v) is 16.8. The summed E-state index contributed by atoms with van der Waals surface area (Å²) in [6.07, 6.45) is -14.3. The molecule has 3 heterocycles. The van der Waals surface area contributed by atoms with Gasteiger partial charge in [0.05, 0.1) is 37.9 Å². The summed E-state index contributed by atoms with van der Waals surface area (Å²) < 4.78 is 35.7. The van der Waals surface area contributed by atoms with Crippen molar-refractivity contribution < 1.29 is 69.0 Å². The van der Waals surface area contributed by atoms with Crippen LogP contribution in [0, 0.1) is 0 Å². The predicted molar refractivity (Wildman–Crippen MR) is 168 cm³/mol. The van der Waals surface area contributed by atoms with E-state index < -0.39 is 122 Å². The number of aliphatic hydroxyl groups is 7. The lowest BCUT2D eigenvalue weighted by Gasteiger charge is -2.46. The van der Waals surface area contributed by atoms with Gasteiger partial charge < -0.3 is 103 Å². The molecule has 2 unspecified atom stereocenters. The molecule has 0 radical (unpaired) electrons. The number of nitrogens with one attached hydrogen (secondary N) is 2.